The molecule has 3 aromatic rings. The number of esters is 1. The molecule has 0 aliphatic carbocycles. The average molecular weight is 358 g/mol. The predicted molar refractivity (Wildman–Crippen MR) is 106 cm³/mol. The van der Waals surface area contributed by atoms with E-state index in [9.17, 15) is 9.59 Å². The van der Waals surface area contributed by atoms with E-state index in [1.165, 1.54) is 7.11 Å². The fourth-order valence-electron chi connectivity index (χ4n) is 3.39. The van der Waals surface area contributed by atoms with Crippen molar-refractivity contribution in [1.82, 2.24) is 0 Å². The monoisotopic (exact) mass is 358 g/mol. The molecule has 0 N–H and O–H groups in total. The molecule has 3 heteroatoms. The van der Waals surface area contributed by atoms with Gasteiger partial charge in [0.1, 0.15) is 0 Å². The molecular formula is C24H22O3. The van der Waals surface area contributed by atoms with Crippen molar-refractivity contribution >= 4 is 11.8 Å². The van der Waals surface area contributed by atoms with Crippen molar-refractivity contribution in [1.29, 1.82) is 0 Å². The number of methoxy groups -OCH3 is 1. The lowest BCUT2D eigenvalue weighted by molar-refractivity contribution is -0.143. The summed E-state index contributed by atoms with van der Waals surface area (Å²) in [6, 6.07) is 28.4. The van der Waals surface area contributed by atoms with Crippen LogP contribution >= 0.6 is 0 Å². The molecule has 0 spiro atoms. The van der Waals surface area contributed by atoms with Gasteiger partial charge in [-0.2, -0.15) is 0 Å². The molecule has 3 rings (SSSR count). The van der Waals surface area contributed by atoms with Crippen molar-refractivity contribution in [3.05, 3.63) is 108 Å². The van der Waals surface area contributed by atoms with Crippen molar-refractivity contribution < 1.29 is 14.3 Å². The van der Waals surface area contributed by atoms with E-state index >= 15 is 0 Å². The molecule has 27 heavy (non-hydrogen) atoms. The van der Waals surface area contributed by atoms with E-state index in [0.29, 0.717) is 5.56 Å². The van der Waals surface area contributed by atoms with Crippen LogP contribution in [0.25, 0.3) is 0 Å². The first-order valence-corrected chi connectivity index (χ1v) is 8.96. The maximum absolute atomic E-state index is 12.9. The van der Waals surface area contributed by atoms with E-state index in [-0.39, 0.29) is 24.1 Å². The van der Waals surface area contributed by atoms with Crippen LogP contribution in [-0.4, -0.2) is 18.9 Å². The molecule has 0 amide bonds. The van der Waals surface area contributed by atoms with Crippen LogP contribution in [0.5, 0.6) is 0 Å². The first-order valence-electron chi connectivity index (χ1n) is 8.96. The minimum atomic E-state index is -0.550. The second-order valence-corrected chi connectivity index (χ2v) is 6.42. The maximum Gasteiger partial charge on any atom is 0.313 e. The molecular weight excluding hydrogens is 336 g/mol. The smallest absolute Gasteiger partial charge is 0.313 e. The van der Waals surface area contributed by atoms with Gasteiger partial charge in [0, 0.05) is 17.9 Å². The molecule has 0 heterocycles. The van der Waals surface area contributed by atoms with Gasteiger partial charge in [0.25, 0.3) is 0 Å². The Morgan fingerprint density at radius 2 is 1.22 bits per heavy atom. The molecule has 2 unspecified atom stereocenters. The van der Waals surface area contributed by atoms with Gasteiger partial charge in [0.2, 0.25) is 0 Å². The third-order valence-corrected chi connectivity index (χ3v) is 4.74. The van der Waals surface area contributed by atoms with Gasteiger partial charge in [-0.3, -0.25) is 9.59 Å². The molecule has 0 aliphatic heterocycles. The van der Waals surface area contributed by atoms with Crippen molar-refractivity contribution in [3.63, 3.8) is 0 Å². The summed E-state index contributed by atoms with van der Waals surface area (Å²) in [7, 11) is 1.39. The van der Waals surface area contributed by atoms with Gasteiger partial charge in [0.05, 0.1) is 13.0 Å². The van der Waals surface area contributed by atoms with Gasteiger partial charge in [-0.15, -0.1) is 0 Å². The highest BCUT2D eigenvalue weighted by atomic mass is 16.5. The van der Waals surface area contributed by atoms with Gasteiger partial charge >= 0.3 is 5.97 Å². The van der Waals surface area contributed by atoms with Crippen LogP contribution in [0, 0.1) is 0 Å². The third-order valence-electron chi connectivity index (χ3n) is 4.74. The van der Waals surface area contributed by atoms with E-state index in [0.717, 1.165) is 11.1 Å². The van der Waals surface area contributed by atoms with Crippen LogP contribution in [0.2, 0.25) is 0 Å². The Labute approximate surface area is 159 Å². The van der Waals surface area contributed by atoms with Gasteiger partial charge in [0.15, 0.2) is 5.78 Å². The van der Waals surface area contributed by atoms with Crippen LogP contribution in [0.1, 0.15) is 39.7 Å². The predicted octanol–water partition coefficient (Wildman–Crippen LogP) is 5.00. The quantitative estimate of drug-likeness (QED) is 0.441. The highest BCUT2D eigenvalue weighted by Crippen LogP contribution is 2.37. The molecule has 3 aromatic carbocycles. The second-order valence-electron chi connectivity index (χ2n) is 6.42. The number of hydrogen-bond acceptors (Lipinski definition) is 3. The fraction of sp³-hybridized carbons (Fsp3) is 0.167. The molecule has 0 aromatic heterocycles. The zero-order valence-electron chi connectivity index (χ0n) is 15.2. The number of carbonyl (C=O) groups excluding carboxylic acids is 2. The summed E-state index contributed by atoms with van der Waals surface area (Å²) in [6.07, 6.45) is 0.225. The Kier molecular flexibility index (Phi) is 6.16. The molecule has 136 valence electrons. The van der Waals surface area contributed by atoms with Gasteiger partial charge in [-0.05, 0) is 11.1 Å². The summed E-state index contributed by atoms with van der Waals surface area (Å²) in [5, 5.41) is 0. The van der Waals surface area contributed by atoms with Crippen LogP contribution in [-0.2, 0) is 9.53 Å². The number of rotatable bonds is 7. The fourth-order valence-corrected chi connectivity index (χ4v) is 3.39. The number of carbonyl (C=O) groups is 2. The lowest BCUT2D eigenvalue weighted by Gasteiger charge is -2.26. The normalized spacial score (nSPS) is 12.8. The van der Waals surface area contributed by atoms with Crippen LogP contribution in [0.3, 0.4) is 0 Å². The Hall–Kier alpha value is -3.20. The summed E-state index contributed by atoms with van der Waals surface area (Å²) in [5.74, 6) is -1.19. The number of ether oxygens (including phenoxy) is 1. The molecule has 0 saturated carbocycles. The second kappa shape index (κ2) is 8.95. The zero-order valence-corrected chi connectivity index (χ0v) is 15.2. The summed E-state index contributed by atoms with van der Waals surface area (Å²) in [4.78, 5) is 25.6. The molecule has 0 saturated heterocycles. The largest absolute Gasteiger partial charge is 0.469 e. The maximum atomic E-state index is 12.9. The summed E-state index contributed by atoms with van der Waals surface area (Å²) >= 11 is 0. The topological polar surface area (TPSA) is 43.4 Å². The van der Waals surface area contributed by atoms with Crippen molar-refractivity contribution in [2.45, 2.75) is 18.3 Å². The first kappa shape index (κ1) is 18.6. The Morgan fingerprint density at radius 1 is 0.741 bits per heavy atom. The zero-order chi connectivity index (χ0) is 19.1. The standard InChI is InChI=1S/C24H22O3/c1-27-24(26)23(20-15-9-4-10-16-20)21(18-11-5-2-6-12-18)17-22(25)19-13-7-3-8-14-19/h2-16,21,23H,17H2,1H3. The van der Waals surface area contributed by atoms with E-state index < -0.39 is 5.92 Å². The summed E-state index contributed by atoms with van der Waals surface area (Å²) in [6.45, 7) is 0. The highest BCUT2D eigenvalue weighted by molar-refractivity contribution is 5.97. The first-order chi connectivity index (χ1) is 13.2. The van der Waals surface area contributed by atoms with Gasteiger partial charge < -0.3 is 4.74 Å². The lowest BCUT2D eigenvalue weighted by Crippen LogP contribution is -2.24. The van der Waals surface area contributed by atoms with Crippen LogP contribution in [0.15, 0.2) is 91.0 Å². The van der Waals surface area contributed by atoms with E-state index in [1.54, 1.807) is 12.1 Å². The van der Waals surface area contributed by atoms with Crippen LogP contribution < -0.4 is 0 Å². The summed E-state index contributed by atoms with van der Waals surface area (Å²) in [5.41, 5.74) is 2.44. The van der Waals surface area contributed by atoms with E-state index in [4.69, 9.17) is 4.74 Å². The Bertz CT molecular complexity index is 873. The number of ketones is 1. The van der Waals surface area contributed by atoms with E-state index in [2.05, 4.69) is 0 Å². The average Bonchev–Trinajstić information content (AvgIpc) is 2.75. The minimum absolute atomic E-state index is 0.00860. The number of benzene rings is 3. The molecule has 0 bridgehead atoms. The molecule has 0 aliphatic rings. The SMILES string of the molecule is COC(=O)C(c1ccccc1)C(CC(=O)c1ccccc1)c1ccccc1. The van der Waals surface area contributed by atoms with Crippen molar-refractivity contribution in [2.75, 3.05) is 7.11 Å². The molecule has 3 nitrogen and oxygen atoms in total. The lowest BCUT2D eigenvalue weighted by atomic mass is 9.78. The molecule has 0 radical (unpaired) electrons. The third kappa shape index (κ3) is 4.50. The summed E-state index contributed by atoms with van der Waals surface area (Å²) < 4.78 is 5.11. The number of hydrogen-bond donors (Lipinski definition) is 0. The molecule has 0 fully saturated rings. The number of Topliss-reactive ketones (excluding diaryl/α,β-unsaturated/α-hetero) is 1. The highest BCUT2D eigenvalue weighted by Gasteiger charge is 2.33. The Morgan fingerprint density at radius 3 is 1.74 bits per heavy atom. The van der Waals surface area contributed by atoms with Gasteiger partial charge in [-0.25, -0.2) is 0 Å². The molecule has 2 atom stereocenters. The van der Waals surface area contributed by atoms with Crippen LogP contribution in [0.4, 0.5) is 0 Å². The Balaban J connectivity index is 2.02. The van der Waals surface area contributed by atoms with Crippen molar-refractivity contribution in [2.24, 2.45) is 0 Å². The van der Waals surface area contributed by atoms with Gasteiger partial charge in [-0.1, -0.05) is 91.0 Å². The minimum Gasteiger partial charge on any atom is -0.469 e. The van der Waals surface area contributed by atoms with Crippen molar-refractivity contribution in [3.8, 4) is 0 Å². The van der Waals surface area contributed by atoms with E-state index in [1.807, 2.05) is 78.9 Å².